The van der Waals surface area contributed by atoms with Gasteiger partial charge in [-0.3, -0.25) is 9.89 Å². The van der Waals surface area contributed by atoms with Gasteiger partial charge >= 0.3 is 0 Å². The van der Waals surface area contributed by atoms with Crippen LogP contribution in [0.2, 0.25) is 0 Å². The Morgan fingerprint density at radius 1 is 1.11 bits per heavy atom. The highest BCUT2D eigenvalue weighted by Crippen LogP contribution is 2.38. The molecule has 1 aromatic carbocycles. The van der Waals surface area contributed by atoms with E-state index < -0.39 is 0 Å². The monoisotopic (exact) mass is 475 g/mol. The molecule has 2 N–H and O–H groups in total. The zero-order valence-corrected chi connectivity index (χ0v) is 21.9. The van der Waals surface area contributed by atoms with Crippen molar-refractivity contribution in [1.29, 1.82) is 0 Å². The number of rotatable bonds is 7. The maximum absolute atomic E-state index is 13.6. The third-order valence-electron chi connectivity index (χ3n) is 8.04. The molecule has 188 valence electrons. The maximum atomic E-state index is 13.6. The van der Waals surface area contributed by atoms with E-state index in [0.29, 0.717) is 11.3 Å². The van der Waals surface area contributed by atoms with E-state index in [9.17, 15) is 4.79 Å². The molecule has 0 unspecified atom stereocenters. The van der Waals surface area contributed by atoms with E-state index >= 15 is 0 Å². The first-order valence-corrected chi connectivity index (χ1v) is 13.5. The molecule has 1 saturated carbocycles. The number of amides is 1. The predicted octanol–water partition coefficient (Wildman–Crippen LogP) is 5.94. The highest BCUT2D eigenvalue weighted by molar-refractivity contribution is 5.98. The summed E-state index contributed by atoms with van der Waals surface area (Å²) in [6, 6.07) is 8.64. The number of aromatic nitrogens is 3. The second-order valence-corrected chi connectivity index (χ2v) is 11.8. The lowest BCUT2D eigenvalue weighted by Crippen LogP contribution is -2.38. The molecule has 2 aliphatic rings. The largest absolute Gasteiger partial charge is 0.353 e. The number of hydrogen-bond acceptors (Lipinski definition) is 3. The van der Waals surface area contributed by atoms with Crippen LogP contribution in [0, 0.1) is 11.3 Å². The van der Waals surface area contributed by atoms with E-state index in [2.05, 4.69) is 72.1 Å². The number of hydrogen-bond donors (Lipinski definition) is 2. The molecule has 0 aliphatic heterocycles. The van der Waals surface area contributed by atoms with Gasteiger partial charge in [-0.2, -0.15) is 5.10 Å². The SMILES string of the molecule is CN(C)CCCN(C(=O)C1CCCCC1)c1ccc2cc(-c3n[nH]c4c3CCC(C)(C)C4)[nH]c2c1. The van der Waals surface area contributed by atoms with Gasteiger partial charge in [-0.25, -0.2) is 0 Å². The Balaban J connectivity index is 1.43. The van der Waals surface area contributed by atoms with Gasteiger partial charge in [0, 0.05) is 40.3 Å². The van der Waals surface area contributed by atoms with Gasteiger partial charge in [0.05, 0.1) is 5.69 Å². The van der Waals surface area contributed by atoms with E-state index in [0.717, 1.165) is 73.2 Å². The molecule has 2 aliphatic carbocycles. The molecule has 0 atom stereocenters. The summed E-state index contributed by atoms with van der Waals surface area (Å²) in [5.74, 6) is 0.469. The second kappa shape index (κ2) is 9.81. The van der Waals surface area contributed by atoms with E-state index in [1.165, 1.54) is 36.9 Å². The van der Waals surface area contributed by atoms with Crippen molar-refractivity contribution >= 4 is 22.5 Å². The molecule has 1 fully saturated rings. The first-order valence-electron chi connectivity index (χ1n) is 13.5. The van der Waals surface area contributed by atoms with Crippen LogP contribution < -0.4 is 4.90 Å². The zero-order chi connectivity index (χ0) is 24.6. The van der Waals surface area contributed by atoms with Crippen LogP contribution in [-0.2, 0) is 17.6 Å². The molecular weight excluding hydrogens is 434 g/mol. The van der Waals surface area contributed by atoms with Gasteiger partial charge in [0.15, 0.2) is 0 Å². The fraction of sp³-hybridized carbons (Fsp3) is 0.586. The van der Waals surface area contributed by atoms with Crippen LogP contribution in [0.25, 0.3) is 22.3 Å². The van der Waals surface area contributed by atoms with Crippen molar-refractivity contribution in [2.45, 2.75) is 71.6 Å². The normalized spacial score (nSPS) is 18.2. The van der Waals surface area contributed by atoms with Crippen molar-refractivity contribution in [3.63, 3.8) is 0 Å². The van der Waals surface area contributed by atoms with E-state index in [1.807, 2.05) is 0 Å². The smallest absolute Gasteiger partial charge is 0.230 e. The van der Waals surface area contributed by atoms with Crippen molar-refractivity contribution in [2.24, 2.45) is 11.3 Å². The second-order valence-electron chi connectivity index (χ2n) is 11.8. The highest BCUT2D eigenvalue weighted by atomic mass is 16.2. The Kier molecular flexibility index (Phi) is 6.75. The van der Waals surface area contributed by atoms with Gasteiger partial charge < -0.3 is 14.8 Å². The summed E-state index contributed by atoms with van der Waals surface area (Å²) < 4.78 is 0. The predicted molar refractivity (Wildman–Crippen MR) is 144 cm³/mol. The first kappa shape index (κ1) is 24.1. The Morgan fingerprint density at radius 3 is 2.69 bits per heavy atom. The molecule has 6 nitrogen and oxygen atoms in total. The number of fused-ring (bicyclic) bond motifs is 2. The van der Waals surface area contributed by atoms with Gasteiger partial charge in [0.2, 0.25) is 5.91 Å². The summed E-state index contributed by atoms with van der Waals surface area (Å²) in [6.45, 7) is 6.40. The summed E-state index contributed by atoms with van der Waals surface area (Å²) in [6.07, 6.45) is 9.92. The Morgan fingerprint density at radius 2 is 1.91 bits per heavy atom. The third-order valence-corrected chi connectivity index (χ3v) is 8.04. The van der Waals surface area contributed by atoms with Crippen LogP contribution in [0.3, 0.4) is 0 Å². The molecule has 0 spiro atoms. The topological polar surface area (TPSA) is 68.0 Å². The summed E-state index contributed by atoms with van der Waals surface area (Å²) in [5, 5.41) is 9.18. The number of anilines is 1. The molecule has 6 heteroatoms. The van der Waals surface area contributed by atoms with Crippen LogP contribution in [-0.4, -0.2) is 53.2 Å². The summed E-state index contributed by atoms with van der Waals surface area (Å²) >= 11 is 0. The van der Waals surface area contributed by atoms with Crippen molar-refractivity contribution in [2.75, 3.05) is 32.1 Å². The number of H-pyrrole nitrogens is 2. The van der Waals surface area contributed by atoms with E-state index in [1.54, 1.807) is 0 Å². The number of nitrogens with zero attached hydrogens (tertiary/aromatic N) is 3. The number of benzene rings is 1. The minimum atomic E-state index is 0.165. The van der Waals surface area contributed by atoms with E-state index in [4.69, 9.17) is 5.10 Å². The zero-order valence-electron chi connectivity index (χ0n) is 21.9. The van der Waals surface area contributed by atoms with Crippen LogP contribution in [0.4, 0.5) is 5.69 Å². The molecule has 5 rings (SSSR count). The number of carbonyl (C=O) groups excluding carboxylic acids is 1. The summed E-state index contributed by atoms with van der Waals surface area (Å²) in [5.41, 5.74) is 7.15. The Bertz CT molecular complexity index is 1180. The van der Waals surface area contributed by atoms with Crippen LogP contribution in [0.5, 0.6) is 0 Å². The average molecular weight is 476 g/mol. The fourth-order valence-corrected chi connectivity index (χ4v) is 5.96. The van der Waals surface area contributed by atoms with Gasteiger partial charge in [0.1, 0.15) is 5.69 Å². The lowest BCUT2D eigenvalue weighted by molar-refractivity contribution is -0.123. The van der Waals surface area contributed by atoms with Crippen molar-refractivity contribution in [3.8, 4) is 11.4 Å². The minimum absolute atomic E-state index is 0.165. The molecule has 35 heavy (non-hydrogen) atoms. The minimum Gasteiger partial charge on any atom is -0.353 e. The van der Waals surface area contributed by atoms with Gasteiger partial charge in [-0.15, -0.1) is 0 Å². The van der Waals surface area contributed by atoms with Gasteiger partial charge in [-0.05, 0) is 82.8 Å². The van der Waals surface area contributed by atoms with Gasteiger partial charge in [0.25, 0.3) is 0 Å². The Hall–Kier alpha value is -2.60. The highest BCUT2D eigenvalue weighted by Gasteiger charge is 2.30. The van der Waals surface area contributed by atoms with Crippen LogP contribution >= 0.6 is 0 Å². The molecular formula is C29H41N5O. The molecule has 2 heterocycles. The molecule has 0 bridgehead atoms. The fourth-order valence-electron chi connectivity index (χ4n) is 5.96. The number of nitrogens with one attached hydrogen (secondary N) is 2. The number of carbonyl (C=O) groups is 1. The summed E-state index contributed by atoms with van der Waals surface area (Å²) in [4.78, 5) is 21.5. The number of aromatic amines is 2. The molecule has 1 amide bonds. The molecule has 0 radical (unpaired) electrons. The van der Waals surface area contributed by atoms with Crippen LogP contribution in [0.1, 0.15) is 70.1 Å². The Labute approximate surface area is 209 Å². The molecule has 3 aromatic rings. The summed E-state index contributed by atoms with van der Waals surface area (Å²) in [7, 11) is 4.18. The first-order chi connectivity index (χ1) is 16.8. The van der Waals surface area contributed by atoms with Gasteiger partial charge in [-0.1, -0.05) is 39.2 Å². The van der Waals surface area contributed by atoms with Crippen LogP contribution in [0.15, 0.2) is 24.3 Å². The van der Waals surface area contributed by atoms with Crippen molar-refractivity contribution < 1.29 is 4.79 Å². The van der Waals surface area contributed by atoms with Crippen molar-refractivity contribution in [1.82, 2.24) is 20.1 Å². The lowest BCUT2D eigenvalue weighted by atomic mass is 9.76. The molecule has 0 saturated heterocycles. The standard InChI is InChI=1S/C29H41N5O/c1-29(2)14-13-23-26(19-29)31-32-27(23)25-17-21-11-12-22(18-24(21)30-25)34(16-8-15-33(3)4)28(35)20-9-6-5-7-10-20/h11-12,17-18,20,30H,5-10,13-16,19H2,1-4H3,(H,31,32). The quantitative estimate of drug-likeness (QED) is 0.444. The van der Waals surface area contributed by atoms with Crippen molar-refractivity contribution in [3.05, 3.63) is 35.5 Å². The maximum Gasteiger partial charge on any atom is 0.230 e. The third kappa shape index (κ3) is 5.18. The molecule has 2 aromatic heterocycles. The van der Waals surface area contributed by atoms with E-state index in [-0.39, 0.29) is 5.92 Å². The lowest BCUT2D eigenvalue weighted by Gasteiger charge is -2.30. The average Bonchev–Trinajstić information content (AvgIpc) is 3.44.